The molecule has 1 aromatic heterocycles. The third kappa shape index (κ3) is 3.00. The lowest BCUT2D eigenvalue weighted by Crippen LogP contribution is -2.19. The van der Waals surface area contributed by atoms with Gasteiger partial charge in [-0.3, -0.25) is 9.52 Å². The van der Waals surface area contributed by atoms with Crippen molar-refractivity contribution in [1.82, 2.24) is 4.57 Å². The molecule has 0 unspecified atom stereocenters. The number of benzene rings is 1. The number of nitrogens with zero attached hydrogens (tertiary/aromatic N) is 1. The van der Waals surface area contributed by atoms with Crippen LogP contribution in [0.4, 0.5) is 10.1 Å². The van der Waals surface area contributed by atoms with Crippen LogP contribution in [-0.4, -0.2) is 13.0 Å². The summed E-state index contributed by atoms with van der Waals surface area (Å²) in [5.41, 5.74) is -0.132. The first-order valence-corrected chi connectivity index (χ1v) is 7.30. The van der Waals surface area contributed by atoms with E-state index in [9.17, 15) is 17.6 Å². The van der Waals surface area contributed by atoms with Gasteiger partial charge in [0.25, 0.3) is 10.0 Å². The van der Waals surface area contributed by atoms with Crippen molar-refractivity contribution in [1.29, 1.82) is 0 Å². The number of pyridine rings is 1. The van der Waals surface area contributed by atoms with Crippen LogP contribution in [0.2, 0.25) is 5.02 Å². The molecule has 2 rings (SSSR count). The summed E-state index contributed by atoms with van der Waals surface area (Å²) in [5.74, 6) is -0.949. The fourth-order valence-electron chi connectivity index (χ4n) is 1.56. The number of rotatable bonds is 3. The first kappa shape index (κ1) is 14.5. The summed E-state index contributed by atoms with van der Waals surface area (Å²) >= 11 is 5.57. The molecule has 5 nitrogen and oxygen atoms in total. The highest BCUT2D eigenvalue weighted by molar-refractivity contribution is 7.92. The van der Waals surface area contributed by atoms with Crippen molar-refractivity contribution >= 4 is 27.3 Å². The van der Waals surface area contributed by atoms with Gasteiger partial charge in [0, 0.05) is 24.3 Å². The summed E-state index contributed by atoms with van der Waals surface area (Å²) in [5, 5.41) is 0.101. The number of sulfonamides is 1. The third-order valence-corrected chi connectivity index (χ3v) is 4.17. The highest BCUT2D eigenvalue weighted by Crippen LogP contribution is 2.21. The van der Waals surface area contributed by atoms with E-state index in [-0.39, 0.29) is 16.3 Å². The SMILES string of the molecule is Cn1cc(NS(=O)(=O)c2ccc(Cl)cc2F)ccc1=O. The van der Waals surface area contributed by atoms with Crippen LogP contribution in [0.15, 0.2) is 46.2 Å². The van der Waals surface area contributed by atoms with Crippen molar-refractivity contribution in [3.8, 4) is 0 Å². The van der Waals surface area contributed by atoms with Gasteiger partial charge in [-0.25, -0.2) is 12.8 Å². The number of nitrogens with one attached hydrogen (secondary N) is 1. The third-order valence-electron chi connectivity index (χ3n) is 2.52. The number of halogens is 2. The number of hydrogen-bond donors (Lipinski definition) is 1. The zero-order valence-electron chi connectivity index (χ0n) is 10.3. The van der Waals surface area contributed by atoms with Gasteiger partial charge < -0.3 is 4.57 Å². The predicted octanol–water partition coefficient (Wildman–Crippen LogP) is 1.98. The van der Waals surface area contributed by atoms with Crippen molar-refractivity contribution in [2.24, 2.45) is 7.05 Å². The number of anilines is 1. The van der Waals surface area contributed by atoms with Gasteiger partial charge in [0.15, 0.2) is 0 Å². The first-order valence-electron chi connectivity index (χ1n) is 5.44. The molecule has 0 amide bonds. The van der Waals surface area contributed by atoms with Crippen LogP contribution < -0.4 is 10.3 Å². The van der Waals surface area contributed by atoms with Gasteiger partial charge in [-0.05, 0) is 24.3 Å². The van der Waals surface area contributed by atoms with Crippen LogP contribution in [0.1, 0.15) is 0 Å². The van der Waals surface area contributed by atoms with Crippen LogP contribution in [0.3, 0.4) is 0 Å². The highest BCUT2D eigenvalue weighted by Gasteiger charge is 2.19. The highest BCUT2D eigenvalue weighted by atomic mass is 35.5. The van der Waals surface area contributed by atoms with Crippen LogP contribution in [-0.2, 0) is 17.1 Å². The van der Waals surface area contributed by atoms with Crippen LogP contribution in [0, 0.1) is 5.82 Å². The van der Waals surface area contributed by atoms with Gasteiger partial charge in [0.05, 0.1) is 5.69 Å². The van der Waals surface area contributed by atoms with E-state index < -0.39 is 20.7 Å². The molecule has 0 bridgehead atoms. The molecule has 0 saturated heterocycles. The standard InChI is InChI=1S/C12H10ClFN2O3S/c1-16-7-9(3-5-12(16)17)15-20(18,19)11-4-2-8(13)6-10(11)14/h2-7,15H,1H3. The minimum Gasteiger partial charge on any atom is -0.316 e. The molecule has 2 aromatic rings. The van der Waals surface area contributed by atoms with Crippen molar-refractivity contribution in [2.75, 3.05) is 4.72 Å². The molecule has 0 aliphatic rings. The van der Waals surface area contributed by atoms with Gasteiger partial charge in [-0.1, -0.05) is 11.6 Å². The molecule has 1 aromatic carbocycles. The zero-order chi connectivity index (χ0) is 14.9. The van der Waals surface area contributed by atoms with Gasteiger partial charge in [-0.2, -0.15) is 0 Å². The number of aromatic nitrogens is 1. The Balaban J connectivity index is 2.40. The lowest BCUT2D eigenvalue weighted by molar-refractivity contribution is 0.570. The molecule has 1 heterocycles. The van der Waals surface area contributed by atoms with Crippen molar-refractivity contribution in [3.05, 3.63) is 57.7 Å². The summed E-state index contributed by atoms with van der Waals surface area (Å²) in [6.45, 7) is 0. The van der Waals surface area contributed by atoms with Crippen LogP contribution >= 0.6 is 11.6 Å². The Morgan fingerprint density at radius 3 is 2.55 bits per heavy atom. The quantitative estimate of drug-likeness (QED) is 0.941. The zero-order valence-corrected chi connectivity index (χ0v) is 11.9. The molecule has 0 aliphatic heterocycles. The fraction of sp³-hybridized carbons (Fsp3) is 0.0833. The Labute approximate surface area is 119 Å². The van der Waals surface area contributed by atoms with Crippen molar-refractivity contribution in [2.45, 2.75) is 4.90 Å². The van der Waals surface area contributed by atoms with Gasteiger partial charge in [-0.15, -0.1) is 0 Å². The molecule has 0 fully saturated rings. The molecule has 0 saturated carbocycles. The number of hydrogen-bond acceptors (Lipinski definition) is 3. The van der Waals surface area contributed by atoms with Gasteiger partial charge in [0.2, 0.25) is 5.56 Å². The Morgan fingerprint density at radius 2 is 1.95 bits per heavy atom. The molecule has 0 atom stereocenters. The average molecular weight is 317 g/mol. The maximum atomic E-state index is 13.6. The molecule has 0 radical (unpaired) electrons. The second-order valence-corrected chi connectivity index (χ2v) is 6.13. The molecule has 1 N–H and O–H groups in total. The Morgan fingerprint density at radius 1 is 1.25 bits per heavy atom. The van der Waals surface area contributed by atoms with E-state index in [1.165, 1.54) is 36.0 Å². The van der Waals surface area contributed by atoms with E-state index in [0.717, 1.165) is 12.1 Å². The maximum absolute atomic E-state index is 13.6. The molecule has 8 heteroatoms. The molecular formula is C12H10ClFN2O3S. The Kier molecular flexibility index (Phi) is 3.82. The Hall–Kier alpha value is -1.86. The van der Waals surface area contributed by atoms with E-state index in [0.29, 0.717) is 0 Å². The largest absolute Gasteiger partial charge is 0.316 e. The molecule has 0 spiro atoms. The van der Waals surface area contributed by atoms with Crippen molar-refractivity contribution in [3.63, 3.8) is 0 Å². The van der Waals surface area contributed by atoms with E-state index in [2.05, 4.69) is 4.72 Å². The molecule has 0 aliphatic carbocycles. The second-order valence-electron chi connectivity index (χ2n) is 4.05. The summed E-state index contributed by atoms with van der Waals surface area (Å²) in [4.78, 5) is 10.7. The summed E-state index contributed by atoms with van der Waals surface area (Å²) in [6, 6.07) is 5.77. The monoisotopic (exact) mass is 316 g/mol. The lowest BCUT2D eigenvalue weighted by Gasteiger charge is -2.09. The van der Waals surface area contributed by atoms with E-state index in [4.69, 9.17) is 11.6 Å². The average Bonchev–Trinajstić information content (AvgIpc) is 2.33. The van der Waals surface area contributed by atoms with E-state index >= 15 is 0 Å². The molecular weight excluding hydrogens is 307 g/mol. The fourth-order valence-corrected chi connectivity index (χ4v) is 2.82. The summed E-state index contributed by atoms with van der Waals surface area (Å²) < 4.78 is 41.1. The first-order chi connectivity index (χ1) is 9.29. The predicted molar refractivity (Wildman–Crippen MR) is 73.9 cm³/mol. The normalized spacial score (nSPS) is 11.3. The van der Waals surface area contributed by atoms with Gasteiger partial charge >= 0.3 is 0 Å². The van der Waals surface area contributed by atoms with Gasteiger partial charge in [0.1, 0.15) is 10.7 Å². The molecule has 106 valence electrons. The lowest BCUT2D eigenvalue weighted by atomic mass is 10.3. The van der Waals surface area contributed by atoms with E-state index in [1.54, 1.807) is 0 Å². The smallest absolute Gasteiger partial charge is 0.264 e. The van der Waals surface area contributed by atoms with Crippen molar-refractivity contribution < 1.29 is 12.8 Å². The topological polar surface area (TPSA) is 68.2 Å². The van der Waals surface area contributed by atoms with E-state index in [1.807, 2.05) is 0 Å². The summed E-state index contributed by atoms with van der Waals surface area (Å²) in [7, 11) is -2.61. The van der Waals surface area contributed by atoms with Crippen LogP contribution in [0.25, 0.3) is 0 Å². The summed E-state index contributed by atoms with van der Waals surface area (Å²) in [6.07, 6.45) is 1.30. The van der Waals surface area contributed by atoms with Crippen LogP contribution in [0.5, 0.6) is 0 Å². The minimum absolute atomic E-state index is 0.101. The molecule has 20 heavy (non-hydrogen) atoms. The maximum Gasteiger partial charge on any atom is 0.264 e. The Bertz CT molecular complexity index is 818. The number of aryl methyl sites for hydroxylation is 1. The second kappa shape index (κ2) is 5.26. The minimum atomic E-state index is -4.09.